The maximum Gasteiger partial charge on any atom is 0.315 e. The molecule has 0 aromatic heterocycles. The van der Waals surface area contributed by atoms with Crippen LogP contribution in [-0.4, -0.2) is 43.5 Å². The average Bonchev–Trinajstić information content (AvgIpc) is 2.67. The summed E-state index contributed by atoms with van der Waals surface area (Å²) in [5.74, 6) is -0.111. The molecule has 28 heavy (non-hydrogen) atoms. The second-order valence-electron chi connectivity index (χ2n) is 7.28. The third kappa shape index (κ3) is 6.70. The lowest BCUT2D eigenvalue weighted by Gasteiger charge is -2.25. The zero-order chi connectivity index (χ0) is 20.5. The number of urea groups is 1. The molecule has 0 aliphatic rings. The van der Waals surface area contributed by atoms with Crippen LogP contribution in [-0.2, 0) is 6.54 Å². The minimum atomic E-state index is -0.201. The summed E-state index contributed by atoms with van der Waals surface area (Å²) in [5, 5.41) is 8.58. The largest absolute Gasteiger partial charge is 0.350 e. The summed E-state index contributed by atoms with van der Waals surface area (Å²) in [6, 6.07) is 17.4. The number of likely N-dealkylation sites (N-methyl/N-ethyl adjacent to an activating group) is 1. The number of benzene rings is 2. The van der Waals surface area contributed by atoms with Gasteiger partial charge in [0.1, 0.15) is 0 Å². The standard InChI is InChI=1S/C22H30N4O2/c1-16(2)25-22(28)24-14-17-10-12-19(13-11-17)21(27)23-15-20(26(3)4)18-8-6-5-7-9-18/h5-13,16,20H,14-15H2,1-4H3,(H,23,27)(H2,24,25,28)/t20-/m1/s1. The van der Waals surface area contributed by atoms with Gasteiger partial charge in [0.2, 0.25) is 0 Å². The number of hydrogen-bond acceptors (Lipinski definition) is 3. The van der Waals surface area contributed by atoms with Crippen LogP contribution in [0.3, 0.4) is 0 Å². The number of carbonyl (C=O) groups excluding carboxylic acids is 2. The summed E-state index contributed by atoms with van der Waals surface area (Å²) in [6.07, 6.45) is 0. The number of rotatable bonds is 8. The van der Waals surface area contributed by atoms with Crippen molar-refractivity contribution < 1.29 is 9.59 Å². The Morgan fingerprint density at radius 1 is 0.929 bits per heavy atom. The number of hydrogen-bond donors (Lipinski definition) is 3. The lowest BCUT2D eigenvalue weighted by molar-refractivity contribution is 0.0942. The van der Waals surface area contributed by atoms with Crippen LogP contribution in [0.25, 0.3) is 0 Å². The molecule has 0 saturated carbocycles. The minimum Gasteiger partial charge on any atom is -0.350 e. The third-order valence-electron chi connectivity index (χ3n) is 4.35. The van der Waals surface area contributed by atoms with Crippen LogP contribution in [0.1, 0.15) is 41.4 Å². The fourth-order valence-corrected chi connectivity index (χ4v) is 2.83. The van der Waals surface area contributed by atoms with E-state index in [9.17, 15) is 9.59 Å². The van der Waals surface area contributed by atoms with E-state index in [1.165, 1.54) is 0 Å². The van der Waals surface area contributed by atoms with Gasteiger partial charge in [-0.3, -0.25) is 4.79 Å². The second-order valence-corrected chi connectivity index (χ2v) is 7.28. The van der Waals surface area contributed by atoms with Gasteiger partial charge in [0.05, 0.1) is 6.04 Å². The summed E-state index contributed by atoms with van der Waals surface area (Å²) in [6.45, 7) is 4.75. The highest BCUT2D eigenvalue weighted by molar-refractivity contribution is 5.94. The van der Waals surface area contributed by atoms with Gasteiger partial charge in [0.15, 0.2) is 0 Å². The molecular weight excluding hydrogens is 352 g/mol. The Hall–Kier alpha value is -2.86. The summed E-state index contributed by atoms with van der Waals surface area (Å²) in [4.78, 5) is 26.2. The molecule has 1 atom stereocenters. The first-order valence-electron chi connectivity index (χ1n) is 9.49. The highest BCUT2D eigenvalue weighted by Gasteiger charge is 2.15. The Labute approximate surface area is 167 Å². The van der Waals surface area contributed by atoms with E-state index in [2.05, 4.69) is 33.0 Å². The maximum atomic E-state index is 12.5. The van der Waals surface area contributed by atoms with Crippen LogP contribution >= 0.6 is 0 Å². The lowest BCUT2D eigenvalue weighted by atomic mass is 10.1. The number of carbonyl (C=O) groups is 2. The summed E-state index contributed by atoms with van der Waals surface area (Å²) in [5.41, 5.74) is 2.70. The van der Waals surface area contributed by atoms with Crippen molar-refractivity contribution in [2.45, 2.75) is 32.5 Å². The van der Waals surface area contributed by atoms with Crippen LogP contribution < -0.4 is 16.0 Å². The number of nitrogens with zero attached hydrogens (tertiary/aromatic N) is 1. The molecule has 0 radical (unpaired) electrons. The smallest absolute Gasteiger partial charge is 0.315 e. The Bertz CT molecular complexity index is 758. The highest BCUT2D eigenvalue weighted by Crippen LogP contribution is 2.17. The summed E-state index contributed by atoms with van der Waals surface area (Å²) >= 11 is 0. The van der Waals surface area contributed by atoms with Crippen molar-refractivity contribution in [3.8, 4) is 0 Å². The molecule has 150 valence electrons. The van der Waals surface area contributed by atoms with Gasteiger partial charge < -0.3 is 20.9 Å². The van der Waals surface area contributed by atoms with E-state index in [-0.39, 0.29) is 24.0 Å². The molecule has 0 spiro atoms. The molecule has 3 N–H and O–H groups in total. The van der Waals surface area contributed by atoms with Gasteiger partial charge in [-0.25, -0.2) is 4.79 Å². The molecule has 0 bridgehead atoms. The second kappa shape index (κ2) is 10.5. The van der Waals surface area contributed by atoms with Crippen LogP contribution in [0.4, 0.5) is 4.79 Å². The Kier molecular flexibility index (Phi) is 8.02. The first kappa shape index (κ1) is 21.4. The van der Waals surface area contributed by atoms with Crippen LogP contribution in [0, 0.1) is 0 Å². The van der Waals surface area contributed by atoms with E-state index in [1.54, 1.807) is 12.1 Å². The molecule has 0 fully saturated rings. The molecular formula is C22H30N4O2. The topological polar surface area (TPSA) is 73.5 Å². The molecule has 2 aromatic rings. The minimum absolute atomic E-state index is 0.0907. The van der Waals surface area contributed by atoms with Crippen LogP contribution in [0.5, 0.6) is 0 Å². The SMILES string of the molecule is CC(C)NC(=O)NCc1ccc(C(=O)NC[C@H](c2ccccc2)N(C)C)cc1. The fraction of sp³-hybridized carbons (Fsp3) is 0.364. The van der Waals surface area contributed by atoms with E-state index in [4.69, 9.17) is 0 Å². The van der Waals surface area contributed by atoms with Crippen LogP contribution in [0.2, 0.25) is 0 Å². The number of nitrogens with one attached hydrogen (secondary N) is 3. The van der Waals surface area contributed by atoms with Crippen molar-refractivity contribution in [2.24, 2.45) is 0 Å². The zero-order valence-electron chi connectivity index (χ0n) is 17.0. The Balaban J connectivity index is 1.89. The van der Waals surface area contributed by atoms with Crippen molar-refractivity contribution in [3.05, 3.63) is 71.3 Å². The molecule has 0 heterocycles. The van der Waals surface area contributed by atoms with E-state index in [0.717, 1.165) is 11.1 Å². The summed E-state index contributed by atoms with van der Waals surface area (Å²) < 4.78 is 0. The molecule has 6 heteroatoms. The van der Waals surface area contributed by atoms with E-state index < -0.39 is 0 Å². The predicted octanol–water partition coefficient (Wildman–Crippen LogP) is 2.93. The molecule has 0 unspecified atom stereocenters. The fourth-order valence-electron chi connectivity index (χ4n) is 2.83. The lowest BCUT2D eigenvalue weighted by Crippen LogP contribution is -2.39. The average molecular weight is 383 g/mol. The maximum absolute atomic E-state index is 12.5. The van der Waals surface area contributed by atoms with E-state index in [1.807, 2.05) is 58.3 Å². The first-order chi connectivity index (χ1) is 13.4. The van der Waals surface area contributed by atoms with Gasteiger partial charge in [0.25, 0.3) is 5.91 Å². The van der Waals surface area contributed by atoms with E-state index in [0.29, 0.717) is 18.7 Å². The van der Waals surface area contributed by atoms with Gasteiger partial charge in [-0.2, -0.15) is 0 Å². The Morgan fingerprint density at radius 3 is 2.14 bits per heavy atom. The molecule has 0 aliphatic heterocycles. The van der Waals surface area contributed by atoms with Crippen molar-refractivity contribution in [2.75, 3.05) is 20.6 Å². The summed E-state index contributed by atoms with van der Waals surface area (Å²) in [7, 11) is 4.00. The normalized spacial score (nSPS) is 11.9. The third-order valence-corrected chi connectivity index (χ3v) is 4.35. The van der Waals surface area contributed by atoms with Gasteiger partial charge in [-0.05, 0) is 51.2 Å². The van der Waals surface area contributed by atoms with Gasteiger partial charge >= 0.3 is 6.03 Å². The van der Waals surface area contributed by atoms with E-state index >= 15 is 0 Å². The molecule has 2 rings (SSSR count). The van der Waals surface area contributed by atoms with Gasteiger partial charge in [-0.1, -0.05) is 42.5 Å². The molecule has 0 aliphatic carbocycles. The first-order valence-corrected chi connectivity index (χ1v) is 9.49. The quantitative estimate of drug-likeness (QED) is 0.657. The molecule has 6 nitrogen and oxygen atoms in total. The van der Waals surface area contributed by atoms with Gasteiger partial charge in [0, 0.05) is 24.7 Å². The zero-order valence-corrected chi connectivity index (χ0v) is 17.0. The van der Waals surface area contributed by atoms with Crippen molar-refractivity contribution >= 4 is 11.9 Å². The van der Waals surface area contributed by atoms with Crippen molar-refractivity contribution in [3.63, 3.8) is 0 Å². The Morgan fingerprint density at radius 2 is 1.57 bits per heavy atom. The van der Waals surface area contributed by atoms with Crippen molar-refractivity contribution in [1.82, 2.24) is 20.9 Å². The van der Waals surface area contributed by atoms with Crippen molar-refractivity contribution in [1.29, 1.82) is 0 Å². The van der Waals surface area contributed by atoms with Gasteiger partial charge in [-0.15, -0.1) is 0 Å². The molecule has 3 amide bonds. The molecule has 2 aromatic carbocycles. The molecule has 0 saturated heterocycles. The van der Waals surface area contributed by atoms with Crippen LogP contribution in [0.15, 0.2) is 54.6 Å². The monoisotopic (exact) mass is 382 g/mol. The number of amides is 3. The highest BCUT2D eigenvalue weighted by atomic mass is 16.2. The predicted molar refractivity (Wildman–Crippen MR) is 112 cm³/mol.